The van der Waals surface area contributed by atoms with Crippen molar-refractivity contribution < 1.29 is 4.79 Å². The number of pyridine rings is 1. The second-order valence-electron chi connectivity index (χ2n) is 3.81. The number of carbonyl (C=O) groups is 1. The summed E-state index contributed by atoms with van der Waals surface area (Å²) in [6.07, 6.45) is 4.27. The summed E-state index contributed by atoms with van der Waals surface area (Å²) in [5.74, 6) is 0.601. The zero-order chi connectivity index (χ0) is 11.1. The molecule has 4 nitrogen and oxygen atoms in total. The van der Waals surface area contributed by atoms with Crippen molar-refractivity contribution in [2.75, 3.05) is 11.9 Å². The van der Waals surface area contributed by atoms with Crippen LogP contribution in [-0.2, 0) is 0 Å². The average Bonchev–Trinajstić information content (AvgIpc) is 2.18. The van der Waals surface area contributed by atoms with Gasteiger partial charge in [0, 0.05) is 12.7 Å². The second-order valence-corrected chi connectivity index (χ2v) is 3.81. The molecule has 82 valence electrons. The monoisotopic (exact) mass is 207 g/mol. The lowest BCUT2D eigenvalue weighted by Crippen LogP contribution is -2.30. The van der Waals surface area contributed by atoms with Gasteiger partial charge in [-0.05, 0) is 24.5 Å². The number of urea groups is 1. The van der Waals surface area contributed by atoms with E-state index in [1.165, 1.54) is 0 Å². The Morgan fingerprint density at radius 3 is 2.93 bits per heavy atom. The molecule has 0 spiro atoms. The number of anilines is 1. The van der Waals surface area contributed by atoms with Gasteiger partial charge >= 0.3 is 6.03 Å². The predicted molar refractivity (Wildman–Crippen MR) is 60.7 cm³/mol. The number of hydrogen-bond acceptors (Lipinski definition) is 2. The Morgan fingerprint density at radius 1 is 1.53 bits per heavy atom. The molecule has 1 aromatic rings. The van der Waals surface area contributed by atoms with Crippen molar-refractivity contribution >= 4 is 11.7 Å². The van der Waals surface area contributed by atoms with Gasteiger partial charge in [0.1, 0.15) is 0 Å². The molecular formula is C11H17N3O. The quantitative estimate of drug-likeness (QED) is 0.795. The van der Waals surface area contributed by atoms with Crippen molar-refractivity contribution in [1.29, 1.82) is 0 Å². The molecule has 1 rings (SSSR count). The van der Waals surface area contributed by atoms with E-state index >= 15 is 0 Å². The highest BCUT2D eigenvalue weighted by Gasteiger charge is 2.00. The molecule has 0 fully saturated rings. The molecule has 1 heterocycles. The van der Waals surface area contributed by atoms with Crippen molar-refractivity contribution in [2.24, 2.45) is 5.92 Å². The fourth-order valence-electron chi connectivity index (χ4n) is 1.09. The van der Waals surface area contributed by atoms with Crippen LogP contribution in [0.2, 0.25) is 0 Å². The van der Waals surface area contributed by atoms with Gasteiger partial charge in [-0.25, -0.2) is 4.79 Å². The lowest BCUT2D eigenvalue weighted by atomic mass is 10.1. The molecule has 0 radical (unpaired) electrons. The summed E-state index contributed by atoms with van der Waals surface area (Å²) >= 11 is 0. The Kier molecular flexibility index (Phi) is 4.60. The van der Waals surface area contributed by atoms with Crippen LogP contribution in [-0.4, -0.2) is 17.6 Å². The number of nitrogens with zero attached hydrogens (tertiary/aromatic N) is 1. The van der Waals surface area contributed by atoms with E-state index in [1.807, 2.05) is 0 Å². The minimum absolute atomic E-state index is 0.177. The average molecular weight is 207 g/mol. The molecule has 1 aromatic heterocycles. The predicted octanol–water partition coefficient (Wildman–Crippen LogP) is 2.25. The molecule has 0 aliphatic rings. The van der Waals surface area contributed by atoms with Gasteiger partial charge in [0.2, 0.25) is 0 Å². The van der Waals surface area contributed by atoms with Crippen molar-refractivity contribution in [2.45, 2.75) is 20.3 Å². The Morgan fingerprint density at radius 2 is 2.33 bits per heavy atom. The van der Waals surface area contributed by atoms with E-state index in [-0.39, 0.29) is 6.03 Å². The van der Waals surface area contributed by atoms with Gasteiger partial charge in [0.05, 0.1) is 11.9 Å². The first-order chi connectivity index (χ1) is 7.18. The van der Waals surface area contributed by atoms with Crippen LogP contribution in [0, 0.1) is 5.92 Å². The van der Waals surface area contributed by atoms with E-state index in [4.69, 9.17) is 0 Å². The zero-order valence-corrected chi connectivity index (χ0v) is 9.16. The third-order valence-electron chi connectivity index (χ3n) is 1.93. The van der Waals surface area contributed by atoms with Crippen LogP contribution in [0.3, 0.4) is 0 Å². The SMILES string of the molecule is CC(C)CCNC(=O)Nc1cccnc1. The first-order valence-electron chi connectivity index (χ1n) is 5.13. The highest BCUT2D eigenvalue weighted by atomic mass is 16.2. The van der Waals surface area contributed by atoms with Crippen molar-refractivity contribution in [3.05, 3.63) is 24.5 Å². The molecule has 4 heteroatoms. The van der Waals surface area contributed by atoms with Crippen LogP contribution in [0.1, 0.15) is 20.3 Å². The second kappa shape index (κ2) is 6.01. The lowest BCUT2D eigenvalue weighted by molar-refractivity contribution is 0.251. The van der Waals surface area contributed by atoms with Crippen molar-refractivity contribution in [3.63, 3.8) is 0 Å². The maximum atomic E-state index is 11.3. The number of aromatic nitrogens is 1. The fourth-order valence-corrected chi connectivity index (χ4v) is 1.09. The number of rotatable bonds is 4. The normalized spacial score (nSPS) is 10.1. The minimum Gasteiger partial charge on any atom is -0.338 e. The van der Waals surface area contributed by atoms with Crippen LogP contribution in [0.25, 0.3) is 0 Å². The summed E-state index contributed by atoms with van der Waals surface area (Å²) in [5.41, 5.74) is 0.708. The van der Waals surface area contributed by atoms with Crippen LogP contribution < -0.4 is 10.6 Å². The molecular weight excluding hydrogens is 190 g/mol. The van der Waals surface area contributed by atoms with E-state index < -0.39 is 0 Å². The Bertz CT molecular complexity index is 298. The lowest BCUT2D eigenvalue weighted by Gasteiger charge is -2.08. The van der Waals surface area contributed by atoms with Gasteiger partial charge in [-0.3, -0.25) is 4.98 Å². The molecule has 0 unspecified atom stereocenters. The highest BCUT2D eigenvalue weighted by molar-refractivity contribution is 5.88. The highest BCUT2D eigenvalue weighted by Crippen LogP contribution is 2.02. The summed E-state index contributed by atoms with van der Waals surface area (Å²) in [4.78, 5) is 15.2. The molecule has 0 aliphatic heterocycles. The summed E-state index contributed by atoms with van der Waals surface area (Å²) in [6.45, 7) is 4.95. The Hall–Kier alpha value is -1.58. The molecule has 0 bridgehead atoms. The first-order valence-corrected chi connectivity index (χ1v) is 5.13. The van der Waals surface area contributed by atoms with Crippen molar-refractivity contribution in [1.82, 2.24) is 10.3 Å². The van der Waals surface area contributed by atoms with E-state index in [2.05, 4.69) is 29.5 Å². The molecule has 0 aromatic carbocycles. The summed E-state index contributed by atoms with van der Waals surface area (Å²) in [5, 5.41) is 5.49. The smallest absolute Gasteiger partial charge is 0.319 e. The third-order valence-corrected chi connectivity index (χ3v) is 1.93. The summed E-state index contributed by atoms with van der Waals surface area (Å²) in [7, 11) is 0. The Balaban J connectivity index is 2.25. The molecule has 2 N–H and O–H groups in total. The standard InChI is InChI=1S/C11H17N3O/c1-9(2)5-7-13-11(15)14-10-4-3-6-12-8-10/h3-4,6,8-9H,5,7H2,1-2H3,(H2,13,14,15). The number of hydrogen-bond donors (Lipinski definition) is 2. The molecule has 0 saturated heterocycles. The van der Waals surface area contributed by atoms with Crippen LogP contribution >= 0.6 is 0 Å². The maximum absolute atomic E-state index is 11.3. The third kappa shape index (κ3) is 5.00. The van der Waals surface area contributed by atoms with Gasteiger partial charge in [-0.2, -0.15) is 0 Å². The van der Waals surface area contributed by atoms with E-state index in [0.29, 0.717) is 18.2 Å². The summed E-state index contributed by atoms with van der Waals surface area (Å²) < 4.78 is 0. The number of nitrogens with one attached hydrogen (secondary N) is 2. The first kappa shape index (κ1) is 11.5. The zero-order valence-electron chi connectivity index (χ0n) is 9.16. The Labute approximate surface area is 90.1 Å². The van der Waals surface area contributed by atoms with Gasteiger partial charge in [-0.15, -0.1) is 0 Å². The number of carbonyl (C=O) groups excluding carboxylic acids is 1. The number of amides is 2. The summed E-state index contributed by atoms with van der Waals surface area (Å²) in [6, 6.07) is 3.40. The molecule has 0 aliphatic carbocycles. The van der Waals surface area contributed by atoms with E-state index in [0.717, 1.165) is 6.42 Å². The van der Waals surface area contributed by atoms with E-state index in [9.17, 15) is 4.79 Å². The van der Waals surface area contributed by atoms with Crippen LogP contribution in [0.5, 0.6) is 0 Å². The van der Waals surface area contributed by atoms with Crippen molar-refractivity contribution in [3.8, 4) is 0 Å². The molecule has 0 atom stereocenters. The topological polar surface area (TPSA) is 54.0 Å². The van der Waals surface area contributed by atoms with E-state index in [1.54, 1.807) is 24.5 Å². The van der Waals surface area contributed by atoms with Crippen LogP contribution in [0.15, 0.2) is 24.5 Å². The maximum Gasteiger partial charge on any atom is 0.319 e. The van der Waals surface area contributed by atoms with Gasteiger partial charge < -0.3 is 10.6 Å². The molecule has 0 saturated carbocycles. The van der Waals surface area contributed by atoms with Gasteiger partial charge in [-0.1, -0.05) is 13.8 Å². The molecule has 15 heavy (non-hydrogen) atoms. The minimum atomic E-state index is -0.177. The molecule has 2 amide bonds. The fraction of sp³-hybridized carbons (Fsp3) is 0.455. The van der Waals surface area contributed by atoms with Crippen LogP contribution in [0.4, 0.5) is 10.5 Å². The van der Waals surface area contributed by atoms with Gasteiger partial charge in [0.15, 0.2) is 0 Å². The van der Waals surface area contributed by atoms with Gasteiger partial charge in [0.25, 0.3) is 0 Å². The largest absolute Gasteiger partial charge is 0.338 e.